The Balaban J connectivity index is 1.63. The Bertz CT molecular complexity index is 1110. The highest BCUT2D eigenvalue weighted by Gasteiger charge is 2.19. The van der Waals surface area contributed by atoms with Crippen molar-refractivity contribution in [2.45, 2.75) is 0 Å². The molecule has 3 rings (SSSR count). The molecule has 0 amide bonds. The molecule has 0 saturated carbocycles. The van der Waals surface area contributed by atoms with E-state index in [1.54, 1.807) is 12.1 Å². The van der Waals surface area contributed by atoms with Gasteiger partial charge >= 0.3 is 11.7 Å². The average Bonchev–Trinajstić information content (AvgIpc) is 2.79. The first kappa shape index (κ1) is 21.8. The largest absolute Gasteiger partial charge is 0.497 e. The molecule has 0 bridgehead atoms. The minimum Gasteiger partial charge on any atom is -0.497 e. The maximum atomic E-state index is 12.3. The van der Waals surface area contributed by atoms with Crippen molar-refractivity contribution in [1.29, 1.82) is 0 Å². The Kier molecular flexibility index (Phi) is 6.84. The minimum atomic E-state index is -0.637. The second kappa shape index (κ2) is 9.73. The Labute approximate surface area is 182 Å². The van der Waals surface area contributed by atoms with Gasteiger partial charge in [-0.05, 0) is 54.6 Å². The zero-order valence-electron chi connectivity index (χ0n) is 16.2. The molecule has 9 heteroatoms. The van der Waals surface area contributed by atoms with E-state index in [0.29, 0.717) is 11.3 Å². The van der Waals surface area contributed by atoms with E-state index < -0.39 is 23.3 Å². The van der Waals surface area contributed by atoms with Crippen LogP contribution in [0.1, 0.15) is 20.7 Å². The van der Waals surface area contributed by atoms with Crippen LogP contribution in [0.5, 0.6) is 17.2 Å². The summed E-state index contributed by atoms with van der Waals surface area (Å²) in [5.41, 5.74) is 0.292. The minimum absolute atomic E-state index is 0.0831. The van der Waals surface area contributed by atoms with Crippen LogP contribution in [0.15, 0.2) is 66.7 Å². The maximum Gasteiger partial charge on any atom is 0.338 e. The average molecular weight is 442 g/mol. The highest BCUT2D eigenvalue weighted by Crippen LogP contribution is 2.37. The van der Waals surface area contributed by atoms with Gasteiger partial charge in [-0.15, -0.1) is 0 Å². The van der Waals surface area contributed by atoms with Gasteiger partial charge in [-0.25, -0.2) is 4.79 Å². The van der Waals surface area contributed by atoms with E-state index in [2.05, 4.69) is 0 Å². The number of hydrogen-bond acceptors (Lipinski definition) is 7. The lowest BCUT2D eigenvalue weighted by atomic mass is 10.1. The molecule has 31 heavy (non-hydrogen) atoms. The normalized spacial score (nSPS) is 10.3. The summed E-state index contributed by atoms with van der Waals surface area (Å²) in [7, 11) is 1.51. The molecule has 0 fully saturated rings. The molecule has 3 aromatic carbocycles. The number of nitro benzene ring substituents is 1. The summed E-state index contributed by atoms with van der Waals surface area (Å²) in [6, 6.07) is 16.3. The SMILES string of the molecule is COc1ccc(C(=O)OCC(=O)c2ccc(Oc3c(Cl)cccc3[N+](=O)[O-])cc2)cc1. The lowest BCUT2D eigenvalue weighted by molar-refractivity contribution is -0.385. The Morgan fingerprint density at radius 2 is 1.55 bits per heavy atom. The first-order chi connectivity index (χ1) is 14.9. The number of benzene rings is 3. The number of carbonyl (C=O) groups is 2. The predicted molar refractivity (Wildman–Crippen MR) is 112 cm³/mol. The monoisotopic (exact) mass is 441 g/mol. The van der Waals surface area contributed by atoms with Crippen molar-refractivity contribution in [2.24, 2.45) is 0 Å². The number of ether oxygens (including phenoxy) is 3. The zero-order chi connectivity index (χ0) is 22.4. The van der Waals surface area contributed by atoms with Gasteiger partial charge in [-0.3, -0.25) is 14.9 Å². The van der Waals surface area contributed by atoms with Gasteiger partial charge in [0, 0.05) is 11.6 Å². The number of esters is 1. The number of halogens is 1. The van der Waals surface area contributed by atoms with E-state index in [0.717, 1.165) is 0 Å². The number of ketones is 1. The molecule has 0 heterocycles. The third-order valence-corrected chi connectivity index (χ3v) is 4.50. The molecule has 0 spiro atoms. The summed E-state index contributed by atoms with van der Waals surface area (Å²) in [5, 5.41) is 11.2. The fourth-order valence-corrected chi connectivity index (χ4v) is 2.80. The molecule has 3 aromatic rings. The predicted octanol–water partition coefficient (Wildman–Crippen LogP) is 5.09. The van der Waals surface area contributed by atoms with Gasteiger partial charge in [0.05, 0.1) is 22.6 Å². The summed E-state index contributed by atoms with van der Waals surface area (Å²) in [4.78, 5) is 34.9. The molecule has 8 nitrogen and oxygen atoms in total. The number of rotatable bonds is 8. The van der Waals surface area contributed by atoms with E-state index in [1.165, 1.54) is 61.7 Å². The van der Waals surface area contributed by atoms with Crippen LogP contribution in [-0.4, -0.2) is 30.4 Å². The molecule has 0 saturated heterocycles. The summed E-state index contributed by atoms with van der Waals surface area (Å²) < 4.78 is 15.6. The highest BCUT2D eigenvalue weighted by atomic mass is 35.5. The fourth-order valence-electron chi connectivity index (χ4n) is 2.59. The van der Waals surface area contributed by atoms with Crippen LogP contribution >= 0.6 is 11.6 Å². The number of nitro groups is 1. The topological polar surface area (TPSA) is 105 Å². The number of Topliss-reactive ketones (excluding diaryl/α,β-unsaturated/α-hetero) is 1. The standard InChI is InChI=1S/C22H16ClNO7/c1-29-16-9-7-15(8-10-16)22(26)30-13-20(25)14-5-11-17(12-6-14)31-21-18(23)3-2-4-19(21)24(27)28/h2-12H,13H2,1H3. The van der Waals surface area contributed by atoms with Crippen molar-refractivity contribution in [2.75, 3.05) is 13.7 Å². The first-order valence-electron chi connectivity index (χ1n) is 8.94. The Morgan fingerprint density at radius 3 is 2.16 bits per heavy atom. The molecular weight excluding hydrogens is 426 g/mol. The number of carbonyl (C=O) groups excluding carboxylic acids is 2. The van der Waals surface area contributed by atoms with Crippen LogP contribution in [0.4, 0.5) is 5.69 Å². The van der Waals surface area contributed by atoms with Crippen LogP contribution in [-0.2, 0) is 4.74 Å². The second-order valence-electron chi connectivity index (χ2n) is 6.20. The van der Waals surface area contributed by atoms with E-state index in [-0.39, 0.29) is 27.8 Å². The third-order valence-electron chi connectivity index (χ3n) is 4.20. The molecule has 0 aliphatic rings. The van der Waals surface area contributed by atoms with E-state index in [4.69, 9.17) is 25.8 Å². The van der Waals surface area contributed by atoms with Crippen molar-refractivity contribution in [1.82, 2.24) is 0 Å². The van der Waals surface area contributed by atoms with Gasteiger partial charge in [0.1, 0.15) is 11.5 Å². The molecule has 0 radical (unpaired) electrons. The number of para-hydroxylation sites is 1. The first-order valence-corrected chi connectivity index (χ1v) is 9.32. The van der Waals surface area contributed by atoms with E-state index in [1.807, 2.05) is 0 Å². The van der Waals surface area contributed by atoms with Gasteiger partial charge in [0.25, 0.3) is 0 Å². The quantitative estimate of drug-likeness (QED) is 0.207. The lowest BCUT2D eigenvalue weighted by Gasteiger charge is -2.09. The molecule has 158 valence electrons. The van der Waals surface area contributed by atoms with Gasteiger partial charge < -0.3 is 14.2 Å². The number of nitrogens with zero attached hydrogens (tertiary/aromatic N) is 1. The molecule has 0 aliphatic heterocycles. The number of methoxy groups -OCH3 is 1. The fraction of sp³-hybridized carbons (Fsp3) is 0.0909. The number of hydrogen-bond donors (Lipinski definition) is 0. The van der Waals surface area contributed by atoms with Crippen molar-refractivity contribution in [3.05, 3.63) is 93.0 Å². The van der Waals surface area contributed by atoms with Crippen molar-refractivity contribution in [3.8, 4) is 17.2 Å². The van der Waals surface area contributed by atoms with Crippen LogP contribution in [0.25, 0.3) is 0 Å². The molecule has 0 unspecified atom stereocenters. The summed E-state index contributed by atoms with van der Waals surface area (Å²) in [6.45, 7) is -0.443. The summed E-state index contributed by atoms with van der Waals surface area (Å²) >= 11 is 6.00. The van der Waals surface area contributed by atoms with Gasteiger partial charge in [-0.2, -0.15) is 0 Å². The molecule has 0 atom stereocenters. The summed E-state index contributed by atoms with van der Waals surface area (Å²) in [5.74, 6) is -0.305. The second-order valence-corrected chi connectivity index (χ2v) is 6.61. The van der Waals surface area contributed by atoms with Crippen molar-refractivity contribution in [3.63, 3.8) is 0 Å². The smallest absolute Gasteiger partial charge is 0.338 e. The van der Waals surface area contributed by atoms with Gasteiger partial charge in [0.2, 0.25) is 5.75 Å². The van der Waals surface area contributed by atoms with Crippen LogP contribution in [0.2, 0.25) is 5.02 Å². The molecule has 0 N–H and O–H groups in total. The van der Waals surface area contributed by atoms with Crippen molar-refractivity contribution >= 4 is 29.0 Å². The Hall–Kier alpha value is -3.91. The Morgan fingerprint density at radius 1 is 0.935 bits per heavy atom. The van der Waals surface area contributed by atoms with Gasteiger partial charge in [-0.1, -0.05) is 17.7 Å². The van der Waals surface area contributed by atoms with Crippen LogP contribution in [0, 0.1) is 10.1 Å². The van der Waals surface area contributed by atoms with Gasteiger partial charge in [0.15, 0.2) is 12.4 Å². The molecular formula is C22H16ClNO7. The van der Waals surface area contributed by atoms with E-state index >= 15 is 0 Å². The van der Waals surface area contributed by atoms with Crippen LogP contribution < -0.4 is 9.47 Å². The van der Waals surface area contributed by atoms with E-state index in [9.17, 15) is 19.7 Å². The lowest BCUT2D eigenvalue weighted by Crippen LogP contribution is -2.14. The highest BCUT2D eigenvalue weighted by molar-refractivity contribution is 6.32. The summed E-state index contributed by atoms with van der Waals surface area (Å²) in [6.07, 6.45) is 0. The maximum absolute atomic E-state index is 12.3. The zero-order valence-corrected chi connectivity index (χ0v) is 17.0. The third kappa shape index (κ3) is 5.37. The van der Waals surface area contributed by atoms with Crippen molar-refractivity contribution < 1.29 is 28.7 Å². The molecule has 0 aliphatic carbocycles. The molecule has 0 aromatic heterocycles. The van der Waals surface area contributed by atoms with Crippen LogP contribution in [0.3, 0.4) is 0 Å².